The molecule has 1 aliphatic heterocycles. The lowest BCUT2D eigenvalue weighted by molar-refractivity contribution is 0.0341. The van der Waals surface area contributed by atoms with Crippen LogP contribution in [0.5, 0.6) is 0 Å². The monoisotopic (exact) mass is 440 g/mol. The summed E-state index contributed by atoms with van der Waals surface area (Å²) in [4.78, 5) is 20.2. The van der Waals surface area contributed by atoms with E-state index in [0.717, 1.165) is 72.1 Å². The summed E-state index contributed by atoms with van der Waals surface area (Å²) in [5, 5.41) is 3.06. The van der Waals surface area contributed by atoms with Crippen molar-refractivity contribution >= 4 is 17.2 Å². The molecule has 2 aromatic carbocycles. The highest BCUT2D eigenvalue weighted by molar-refractivity contribution is 6.05. The third kappa shape index (κ3) is 4.67. The summed E-state index contributed by atoms with van der Waals surface area (Å²) < 4.78 is 7.49. The van der Waals surface area contributed by atoms with Gasteiger partial charge >= 0.3 is 0 Å². The SMILES string of the molecule is Cc1ccc(C(=O)Nc2ccc(-c3cn4cccc(C)c4n3)cc2)c(CN2CCOCC2)c1. The largest absolute Gasteiger partial charge is 0.379 e. The zero-order valence-corrected chi connectivity index (χ0v) is 19.0. The minimum atomic E-state index is -0.0886. The van der Waals surface area contributed by atoms with Gasteiger partial charge in [-0.05, 0) is 49.2 Å². The molecule has 6 nitrogen and oxygen atoms in total. The number of ether oxygens (including phenoxy) is 1. The number of aromatic nitrogens is 2. The fourth-order valence-corrected chi connectivity index (χ4v) is 4.29. The molecule has 1 amide bonds. The lowest BCUT2D eigenvalue weighted by Crippen LogP contribution is -2.36. The molecule has 0 saturated carbocycles. The third-order valence-electron chi connectivity index (χ3n) is 6.12. The van der Waals surface area contributed by atoms with Crippen molar-refractivity contribution in [3.63, 3.8) is 0 Å². The van der Waals surface area contributed by atoms with Gasteiger partial charge in [-0.2, -0.15) is 0 Å². The van der Waals surface area contributed by atoms with Gasteiger partial charge in [-0.15, -0.1) is 0 Å². The maximum atomic E-state index is 13.1. The number of aryl methyl sites for hydroxylation is 2. The summed E-state index contributed by atoms with van der Waals surface area (Å²) in [6, 6.07) is 18.0. The predicted molar refractivity (Wildman–Crippen MR) is 131 cm³/mol. The second-order valence-corrected chi connectivity index (χ2v) is 8.63. The third-order valence-corrected chi connectivity index (χ3v) is 6.12. The first-order chi connectivity index (χ1) is 16.1. The Morgan fingerprint density at radius 2 is 1.85 bits per heavy atom. The summed E-state index contributed by atoms with van der Waals surface area (Å²) >= 11 is 0. The van der Waals surface area contributed by atoms with E-state index >= 15 is 0 Å². The van der Waals surface area contributed by atoms with Gasteiger partial charge in [-0.1, -0.05) is 35.9 Å². The first kappa shape index (κ1) is 21.4. The van der Waals surface area contributed by atoms with E-state index in [1.807, 2.05) is 59.3 Å². The number of carbonyl (C=O) groups is 1. The van der Waals surface area contributed by atoms with Gasteiger partial charge in [0.2, 0.25) is 0 Å². The second-order valence-electron chi connectivity index (χ2n) is 8.63. The molecule has 0 aliphatic carbocycles. The molecule has 0 bridgehead atoms. The molecule has 168 valence electrons. The quantitative estimate of drug-likeness (QED) is 0.489. The maximum Gasteiger partial charge on any atom is 0.255 e. The molecular formula is C27H28N4O2. The lowest BCUT2D eigenvalue weighted by Gasteiger charge is -2.27. The highest BCUT2D eigenvalue weighted by Crippen LogP contribution is 2.23. The molecule has 0 unspecified atom stereocenters. The van der Waals surface area contributed by atoms with Crippen LogP contribution in [0.2, 0.25) is 0 Å². The first-order valence-electron chi connectivity index (χ1n) is 11.3. The van der Waals surface area contributed by atoms with Crippen LogP contribution < -0.4 is 5.32 Å². The molecule has 3 heterocycles. The normalized spacial score (nSPS) is 14.5. The Morgan fingerprint density at radius 3 is 2.61 bits per heavy atom. The Kier molecular flexibility index (Phi) is 5.94. The van der Waals surface area contributed by atoms with Crippen LogP contribution in [0.4, 0.5) is 5.69 Å². The number of anilines is 1. The van der Waals surface area contributed by atoms with Gasteiger partial charge in [-0.3, -0.25) is 9.69 Å². The van der Waals surface area contributed by atoms with Crippen LogP contribution in [-0.2, 0) is 11.3 Å². The van der Waals surface area contributed by atoms with Crippen LogP contribution in [0.1, 0.15) is 27.0 Å². The Hall–Kier alpha value is -3.48. The van der Waals surface area contributed by atoms with Crippen LogP contribution in [-0.4, -0.2) is 46.5 Å². The number of pyridine rings is 1. The van der Waals surface area contributed by atoms with E-state index in [-0.39, 0.29) is 5.91 Å². The van der Waals surface area contributed by atoms with Crippen LogP contribution in [0.25, 0.3) is 16.9 Å². The van der Waals surface area contributed by atoms with Crippen LogP contribution in [0.15, 0.2) is 67.0 Å². The summed E-state index contributed by atoms with van der Waals surface area (Å²) in [5.74, 6) is -0.0886. The van der Waals surface area contributed by atoms with Crippen molar-refractivity contribution in [2.75, 3.05) is 31.6 Å². The number of rotatable bonds is 5. The Morgan fingerprint density at radius 1 is 1.06 bits per heavy atom. The van der Waals surface area contributed by atoms with Crippen LogP contribution in [0.3, 0.4) is 0 Å². The number of fused-ring (bicyclic) bond motifs is 1. The van der Waals surface area contributed by atoms with Crippen molar-refractivity contribution in [2.45, 2.75) is 20.4 Å². The van der Waals surface area contributed by atoms with E-state index in [2.05, 4.69) is 36.2 Å². The van der Waals surface area contributed by atoms with Gasteiger partial charge in [0.15, 0.2) is 0 Å². The number of amides is 1. The maximum absolute atomic E-state index is 13.1. The number of carbonyl (C=O) groups excluding carboxylic acids is 1. The average Bonchev–Trinajstić information content (AvgIpc) is 3.26. The van der Waals surface area contributed by atoms with Gasteiger partial charge in [0, 0.05) is 48.8 Å². The Labute approximate surface area is 193 Å². The molecule has 1 N–H and O–H groups in total. The molecule has 1 aliphatic rings. The summed E-state index contributed by atoms with van der Waals surface area (Å²) in [6.07, 6.45) is 4.03. The summed E-state index contributed by atoms with van der Waals surface area (Å²) in [5.41, 5.74) is 7.70. The Balaban J connectivity index is 1.33. The standard InChI is InChI=1S/C27H28N4O2/c1-19-5-10-24(22(16-19)17-30-12-14-33-15-13-30)27(32)28-23-8-6-21(7-9-23)25-18-31-11-3-4-20(2)26(31)29-25/h3-11,16,18H,12-15,17H2,1-2H3,(H,28,32). The van der Waals surface area contributed by atoms with E-state index < -0.39 is 0 Å². The number of hydrogen-bond acceptors (Lipinski definition) is 4. The molecule has 0 atom stereocenters. The van der Waals surface area contributed by atoms with Crippen molar-refractivity contribution in [3.8, 4) is 11.3 Å². The minimum absolute atomic E-state index is 0.0886. The first-order valence-corrected chi connectivity index (χ1v) is 11.3. The molecule has 0 spiro atoms. The summed E-state index contributed by atoms with van der Waals surface area (Å²) in [7, 11) is 0. The van der Waals surface area contributed by atoms with Crippen molar-refractivity contribution < 1.29 is 9.53 Å². The van der Waals surface area contributed by atoms with Crippen LogP contribution in [0, 0.1) is 13.8 Å². The van der Waals surface area contributed by atoms with E-state index in [0.29, 0.717) is 5.56 Å². The average molecular weight is 441 g/mol. The zero-order valence-electron chi connectivity index (χ0n) is 19.0. The fraction of sp³-hybridized carbons (Fsp3) is 0.259. The molecular weight excluding hydrogens is 412 g/mol. The molecule has 2 aromatic heterocycles. The number of nitrogens with zero attached hydrogens (tertiary/aromatic N) is 3. The molecule has 6 heteroatoms. The van der Waals surface area contributed by atoms with Gasteiger partial charge < -0.3 is 14.5 Å². The second kappa shape index (κ2) is 9.17. The van der Waals surface area contributed by atoms with E-state index in [4.69, 9.17) is 9.72 Å². The van der Waals surface area contributed by atoms with Crippen molar-refractivity contribution in [1.29, 1.82) is 0 Å². The summed E-state index contributed by atoms with van der Waals surface area (Å²) in [6.45, 7) is 8.13. The van der Waals surface area contributed by atoms with Crippen LogP contribution >= 0.6 is 0 Å². The highest BCUT2D eigenvalue weighted by atomic mass is 16.5. The number of nitrogens with one attached hydrogen (secondary N) is 1. The van der Waals surface area contributed by atoms with Gasteiger partial charge in [0.1, 0.15) is 5.65 Å². The minimum Gasteiger partial charge on any atom is -0.379 e. The predicted octanol–water partition coefficient (Wildman–Crippen LogP) is 4.70. The number of benzene rings is 2. The van der Waals surface area contributed by atoms with E-state index in [9.17, 15) is 4.79 Å². The smallest absolute Gasteiger partial charge is 0.255 e. The molecule has 1 fully saturated rings. The van der Waals surface area contributed by atoms with E-state index in [1.54, 1.807) is 0 Å². The number of imidazole rings is 1. The zero-order chi connectivity index (χ0) is 22.8. The van der Waals surface area contributed by atoms with Crippen molar-refractivity contribution in [2.24, 2.45) is 0 Å². The molecule has 4 aromatic rings. The fourth-order valence-electron chi connectivity index (χ4n) is 4.29. The molecule has 1 saturated heterocycles. The molecule has 5 rings (SSSR count). The lowest BCUT2D eigenvalue weighted by atomic mass is 10.0. The van der Waals surface area contributed by atoms with Gasteiger partial charge in [0.25, 0.3) is 5.91 Å². The van der Waals surface area contributed by atoms with Gasteiger partial charge in [0.05, 0.1) is 18.9 Å². The molecule has 0 radical (unpaired) electrons. The number of hydrogen-bond donors (Lipinski definition) is 1. The number of morpholine rings is 1. The topological polar surface area (TPSA) is 58.9 Å². The highest BCUT2D eigenvalue weighted by Gasteiger charge is 2.17. The Bertz CT molecular complexity index is 1290. The van der Waals surface area contributed by atoms with Gasteiger partial charge in [-0.25, -0.2) is 4.98 Å². The van der Waals surface area contributed by atoms with Crippen molar-refractivity contribution in [1.82, 2.24) is 14.3 Å². The van der Waals surface area contributed by atoms with Crippen molar-refractivity contribution in [3.05, 3.63) is 89.2 Å². The van der Waals surface area contributed by atoms with E-state index in [1.165, 1.54) is 0 Å². The molecule has 33 heavy (non-hydrogen) atoms.